The van der Waals surface area contributed by atoms with Gasteiger partial charge in [-0.05, 0) is 38.1 Å². The van der Waals surface area contributed by atoms with E-state index in [1.807, 2.05) is 44.2 Å². The lowest BCUT2D eigenvalue weighted by molar-refractivity contribution is 0.210. The maximum absolute atomic E-state index is 5.42. The van der Waals surface area contributed by atoms with Gasteiger partial charge in [0.1, 0.15) is 11.6 Å². The fourth-order valence-corrected chi connectivity index (χ4v) is 1.93. The van der Waals surface area contributed by atoms with Crippen molar-refractivity contribution in [3.05, 3.63) is 36.0 Å². The second kappa shape index (κ2) is 8.19. The number of hydrogen-bond acceptors (Lipinski definition) is 6. The molecule has 0 bridgehead atoms. The van der Waals surface area contributed by atoms with Gasteiger partial charge in [0.2, 0.25) is 5.95 Å². The molecule has 0 fully saturated rings. The minimum Gasteiger partial charge on any atom is -0.494 e. The molecule has 0 saturated heterocycles. The highest BCUT2D eigenvalue weighted by Crippen LogP contribution is 2.19. The SMILES string of the molecule is CCOc1ccc(Nc2nc(C)cc(NCCOC)n2)cc1. The summed E-state index contributed by atoms with van der Waals surface area (Å²) in [5.41, 5.74) is 1.81. The lowest BCUT2D eigenvalue weighted by Gasteiger charge is -2.10. The van der Waals surface area contributed by atoms with E-state index in [4.69, 9.17) is 9.47 Å². The van der Waals surface area contributed by atoms with Gasteiger partial charge in [0.05, 0.1) is 13.2 Å². The topological polar surface area (TPSA) is 68.3 Å². The number of anilines is 3. The van der Waals surface area contributed by atoms with Crippen LogP contribution in [-0.2, 0) is 4.74 Å². The molecule has 1 aromatic heterocycles. The second-order valence-corrected chi connectivity index (χ2v) is 4.72. The first-order valence-electron chi connectivity index (χ1n) is 7.29. The molecule has 22 heavy (non-hydrogen) atoms. The molecule has 6 nitrogen and oxygen atoms in total. The van der Waals surface area contributed by atoms with Crippen molar-refractivity contribution in [2.24, 2.45) is 0 Å². The van der Waals surface area contributed by atoms with Crippen LogP contribution in [-0.4, -0.2) is 36.8 Å². The van der Waals surface area contributed by atoms with Gasteiger partial charge in [-0.15, -0.1) is 0 Å². The minimum absolute atomic E-state index is 0.559. The second-order valence-electron chi connectivity index (χ2n) is 4.72. The quantitative estimate of drug-likeness (QED) is 0.731. The standard InChI is InChI=1S/C16H22N4O2/c1-4-22-14-7-5-13(6-8-14)19-16-18-12(2)11-15(20-16)17-9-10-21-3/h5-8,11H,4,9-10H2,1-3H3,(H2,17,18,19,20). The van der Waals surface area contributed by atoms with Gasteiger partial charge in [-0.25, -0.2) is 4.98 Å². The van der Waals surface area contributed by atoms with Crippen LogP contribution in [0, 0.1) is 6.92 Å². The van der Waals surface area contributed by atoms with Crippen LogP contribution >= 0.6 is 0 Å². The molecule has 1 aromatic carbocycles. The summed E-state index contributed by atoms with van der Waals surface area (Å²) in [6.45, 7) is 5.89. The van der Waals surface area contributed by atoms with E-state index in [9.17, 15) is 0 Å². The normalized spacial score (nSPS) is 10.3. The molecular weight excluding hydrogens is 280 g/mol. The Hall–Kier alpha value is -2.34. The molecule has 2 N–H and O–H groups in total. The third kappa shape index (κ3) is 4.89. The Bertz CT molecular complexity index is 587. The van der Waals surface area contributed by atoms with Crippen molar-refractivity contribution in [2.45, 2.75) is 13.8 Å². The average Bonchev–Trinajstić information content (AvgIpc) is 2.49. The minimum atomic E-state index is 0.559. The van der Waals surface area contributed by atoms with E-state index >= 15 is 0 Å². The van der Waals surface area contributed by atoms with Crippen molar-refractivity contribution in [1.29, 1.82) is 0 Å². The van der Waals surface area contributed by atoms with Crippen LogP contribution in [0.4, 0.5) is 17.5 Å². The van der Waals surface area contributed by atoms with Gasteiger partial charge < -0.3 is 20.1 Å². The summed E-state index contributed by atoms with van der Waals surface area (Å²) >= 11 is 0. The zero-order chi connectivity index (χ0) is 15.8. The highest BCUT2D eigenvalue weighted by Gasteiger charge is 2.03. The summed E-state index contributed by atoms with van der Waals surface area (Å²) in [5.74, 6) is 2.18. The molecule has 2 aromatic rings. The highest BCUT2D eigenvalue weighted by molar-refractivity contribution is 5.56. The van der Waals surface area contributed by atoms with Crippen LogP contribution in [0.2, 0.25) is 0 Å². The molecule has 6 heteroatoms. The summed E-state index contributed by atoms with van der Waals surface area (Å²) in [7, 11) is 1.67. The first-order chi connectivity index (χ1) is 10.7. The van der Waals surface area contributed by atoms with Gasteiger partial charge in [0.15, 0.2) is 0 Å². The van der Waals surface area contributed by atoms with Gasteiger partial charge in [-0.1, -0.05) is 0 Å². The van der Waals surface area contributed by atoms with Crippen molar-refractivity contribution in [1.82, 2.24) is 9.97 Å². The number of nitrogens with one attached hydrogen (secondary N) is 2. The molecule has 2 rings (SSSR count). The molecule has 0 amide bonds. The fraction of sp³-hybridized carbons (Fsp3) is 0.375. The predicted octanol–water partition coefficient (Wildman–Crippen LogP) is 2.99. The van der Waals surface area contributed by atoms with Crippen molar-refractivity contribution in [3.8, 4) is 5.75 Å². The average molecular weight is 302 g/mol. The predicted molar refractivity (Wildman–Crippen MR) is 88.0 cm³/mol. The van der Waals surface area contributed by atoms with Crippen LogP contribution in [0.1, 0.15) is 12.6 Å². The Morgan fingerprint density at radius 2 is 1.91 bits per heavy atom. The Balaban J connectivity index is 2.04. The van der Waals surface area contributed by atoms with Crippen molar-refractivity contribution >= 4 is 17.5 Å². The Morgan fingerprint density at radius 3 is 2.59 bits per heavy atom. The van der Waals surface area contributed by atoms with E-state index in [1.165, 1.54) is 0 Å². The lowest BCUT2D eigenvalue weighted by Crippen LogP contribution is -2.10. The third-order valence-electron chi connectivity index (χ3n) is 2.89. The number of ether oxygens (including phenoxy) is 2. The van der Waals surface area contributed by atoms with E-state index in [-0.39, 0.29) is 0 Å². The molecule has 0 spiro atoms. The monoisotopic (exact) mass is 302 g/mol. The van der Waals surface area contributed by atoms with E-state index in [0.29, 0.717) is 25.7 Å². The summed E-state index contributed by atoms with van der Waals surface area (Å²) in [6.07, 6.45) is 0. The zero-order valence-corrected chi connectivity index (χ0v) is 13.2. The molecule has 118 valence electrons. The van der Waals surface area contributed by atoms with Crippen LogP contribution < -0.4 is 15.4 Å². The molecule has 0 unspecified atom stereocenters. The smallest absolute Gasteiger partial charge is 0.229 e. The van der Waals surface area contributed by atoms with Crippen LogP contribution in [0.15, 0.2) is 30.3 Å². The number of benzene rings is 1. The molecule has 0 aliphatic carbocycles. The van der Waals surface area contributed by atoms with E-state index in [1.54, 1.807) is 7.11 Å². The Kier molecular flexibility index (Phi) is 5.97. The van der Waals surface area contributed by atoms with Crippen molar-refractivity contribution < 1.29 is 9.47 Å². The van der Waals surface area contributed by atoms with Gasteiger partial charge in [-0.2, -0.15) is 4.98 Å². The van der Waals surface area contributed by atoms with E-state index in [0.717, 1.165) is 22.9 Å². The first-order valence-corrected chi connectivity index (χ1v) is 7.29. The van der Waals surface area contributed by atoms with Gasteiger partial charge in [-0.3, -0.25) is 0 Å². The number of aryl methyl sites for hydroxylation is 1. The number of aromatic nitrogens is 2. The maximum Gasteiger partial charge on any atom is 0.229 e. The zero-order valence-electron chi connectivity index (χ0n) is 13.2. The van der Waals surface area contributed by atoms with E-state index in [2.05, 4.69) is 20.6 Å². The molecule has 0 aliphatic rings. The largest absolute Gasteiger partial charge is 0.494 e. The summed E-state index contributed by atoms with van der Waals surface area (Å²) in [6, 6.07) is 9.61. The molecule has 0 radical (unpaired) electrons. The van der Waals surface area contributed by atoms with Crippen LogP contribution in [0.25, 0.3) is 0 Å². The number of hydrogen-bond donors (Lipinski definition) is 2. The molecule has 0 atom stereocenters. The number of nitrogens with zero attached hydrogens (tertiary/aromatic N) is 2. The number of rotatable bonds is 8. The van der Waals surface area contributed by atoms with Gasteiger partial charge in [0.25, 0.3) is 0 Å². The third-order valence-corrected chi connectivity index (χ3v) is 2.89. The Morgan fingerprint density at radius 1 is 1.14 bits per heavy atom. The molecule has 0 aliphatic heterocycles. The lowest BCUT2D eigenvalue weighted by atomic mass is 10.3. The maximum atomic E-state index is 5.42. The highest BCUT2D eigenvalue weighted by atomic mass is 16.5. The van der Waals surface area contributed by atoms with Crippen LogP contribution in [0.5, 0.6) is 5.75 Å². The summed E-state index contributed by atoms with van der Waals surface area (Å²) in [5, 5.41) is 6.40. The fourth-order valence-electron chi connectivity index (χ4n) is 1.93. The summed E-state index contributed by atoms with van der Waals surface area (Å²) in [4.78, 5) is 8.83. The molecule has 1 heterocycles. The van der Waals surface area contributed by atoms with Crippen molar-refractivity contribution in [2.75, 3.05) is 37.5 Å². The van der Waals surface area contributed by atoms with E-state index < -0.39 is 0 Å². The Labute approximate surface area is 130 Å². The first kappa shape index (κ1) is 16.0. The van der Waals surface area contributed by atoms with Crippen LogP contribution in [0.3, 0.4) is 0 Å². The number of methoxy groups -OCH3 is 1. The van der Waals surface area contributed by atoms with Gasteiger partial charge in [0, 0.05) is 31.1 Å². The van der Waals surface area contributed by atoms with Gasteiger partial charge >= 0.3 is 0 Å². The summed E-state index contributed by atoms with van der Waals surface area (Å²) < 4.78 is 10.4. The van der Waals surface area contributed by atoms with Crippen molar-refractivity contribution in [3.63, 3.8) is 0 Å². The molecular formula is C16H22N4O2. The molecule has 0 saturated carbocycles.